The van der Waals surface area contributed by atoms with E-state index in [2.05, 4.69) is 31.2 Å². The van der Waals surface area contributed by atoms with Crippen LogP contribution in [0.3, 0.4) is 0 Å². The monoisotopic (exact) mass is 363 g/mol. The molecule has 2 heterocycles. The lowest BCUT2D eigenvalue weighted by Gasteiger charge is -2.00. The highest BCUT2D eigenvalue weighted by molar-refractivity contribution is 9.10. The SMILES string of the molecule is CCOC(=O)c1ccc(CNc2nc3ccc(Br)cc3[nH]2)o1. The van der Waals surface area contributed by atoms with Crippen molar-refractivity contribution in [3.05, 3.63) is 46.3 Å². The van der Waals surface area contributed by atoms with Crippen molar-refractivity contribution < 1.29 is 13.9 Å². The normalized spacial score (nSPS) is 10.8. The zero-order valence-electron chi connectivity index (χ0n) is 11.9. The van der Waals surface area contributed by atoms with E-state index in [1.165, 1.54) is 0 Å². The van der Waals surface area contributed by atoms with Gasteiger partial charge in [0.05, 0.1) is 24.2 Å². The molecule has 0 aliphatic carbocycles. The van der Waals surface area contributed by atoms with Crippen LogP contribution in [0.15, 0.2) is 39.2 Å². The fraction of sp³-hybridized carbons (Fsp3) is 0.200. The Kier molecular flexibility index (Phi) is 4.15. The van der Waals surface area contributed by atoms with Gasteiger partial charge in [-0.25, -0.2) is 9.78 Å². The van der Waals surface area contributed by atoms with Crippen molar-refractivity contribution >= 4 is 38.9 Å². The molecule has 0 radical (unpaired) electrons. The lowest BCUT2D eigenvalue weighted by molar-refractivity contribution is 0.0488. The average Bonchev–Trinajstić information content (AvgIpc) is 3.11. The van der Waals surface area contributed by atoms with Gasteiger partial charge in [-0.05, 0) is 37.3 Å². The lowest BCUT2D eigenvalue weighted by atomic mass is 10.3. The molecule has 0 unspecified atom stereocenters. The summed E-state index contributed by atoms with van der Waals surface area (Å²) in [5, 5.41) is 3.13. The highest BCUT2D eigenvalue weighted by Gasteiger charge is 2.12. The van der Waals surface area contributed by atoms with Gasteiger partial charge in [0.2, 0.25) is 11.7 Å². The molecule has 0 aliphatic rings. The van der Waals surface area contributed by atoms with Crippen molar-refractivity contribution in [1.29, 1.82) is 0 Å². The number of nitrogens with zero attached hydrogens (tertiary/aromatic N) is 1. The molecule has 0 atom stereocenters. The maximum atomic E-state index is 11.5. The maximum absolute atomic E-state index is 11.5. The molecule has 114 valence electrons. The number of esters is 1. The fourth-order valence-electron chi connectivity index (χ4n) is 2.02. The number of hydrogen-bond acceptors (Lipinski definition) is 5. The molecule has 1 aromatic carbocycles. The largest absolute Gasteiger partial charge is 0.460 e. The average molecular weight is 364 g/mol. The summed E-state index contributed by atoms with van der Waals surface area (Å²) in [6.07, 6.45) is 0. The number of imidazole rings is 1. The third-order valence-corrected chi connectivity index (χ3v) is 3.51. The van der Waals surface area contributed by atoms with E-state index in [-0.39, 0.29) is 5.76 Å². The van der Waals surface area contributed by atoms with E-state index < -0.39 is 5.97 Å². The predicted octanol–water partition coefficient (Wildman–Crippen LogP) is 3.71. The Balaban J connectivity index is 1.67. The third-order valence-electron chi connectivity index (χ3n) is 3.01. The number of fused-ring (bicyclic) bond motifs is 1. The van der Waals surface area contributed by atoms with Gasteiger partial charge in [-0.3, -0.25) is 0 Å². The smallest absolute Gasteiger partial charge is 0.374 e. The third kappa shape index (κ3) is 3.14. The molecule has 0 fully saturated rings. The van der Waals surface area contributed by atoms with E-state index in [1.54, 1.807) is 19.1 Å². The van der Waals surface area contributed by atoms with Crippen molar-refractivity contribution in [3.8, 4) is 0 Å². The molecular weight excluding hydrogens is 350 g/mol. The molecule has 0 spiro atoms. The Morgan fingerprint density at radius 2 is 2.27 bits per heavy atom. The van der Waals surface area contributed by atoms with Crippen LogP contribution < -0.4 is 5.32 Å². The molecule has 0 amide bonds. The second kappa shape index (κ2) is 6.23. The van der Waals surface area contributed by atoms with Crippen LogP contribution >= 0.6 is 15.9 Å². The first-order chi connectivity index (χ1) is 10.7. The van der Waals surface area contributed by atoms with Crippen LogP contribution in [0.2, 0.25) is 0 Å². The number of aromatic nitrogens is 2. The van der Waals surface area contributed by atoms with E-state index in [0.29, 0.717) is 24.9 Å². The molecule has 3 aromatic rings. The van der Waals surface area contributed by atoms with Gasteiger partial charge in [-0.15, -0.1) is 0 Å². The summed E-state index contributed by atoms with van der Waals surface area (Å²) in [6, 6.07) is 9.15. The van der Waals surface area contributed by atoms with E-state index in [9.17, 15) is 4.79 Å². The van der Waals surface area contributed by atoms with Crippen molar-refractivity contribution in [1.82, 2.24) is 9.97 Å². The number of rotatable bonds is 5. The summed E-state index contributed by atoms with van der Waals surface area (Å²) in [4.78, 5) is 19.1. The zero-order chi connectivity index (χ0) is 15.5. The highest BCUT2D eigenvalue weighted by Crippen LogP contribution is 2.20. The van der Waals surface area contributed by atoms with E-state index in [4.69, 9.17) is 9.15 Å². The van der Waals surface area contributed by atoms with Gasteiger partial charge in [0.25, 0.3) is 0 Å². The van der Waals surface area contributed by atoms with Crippen LogP contribution in [0, 0.1) is 0 Å². The number of carbonyl (C=O) groups excluding carboxylic acids is 1. The standard InChI is InChI=1S/C15H14BrN3O3/c1-2-21-14(20)13-6-4-10(22-13)8-17-15-18-11-5-3-9(16)7-12(11)19-15/h3-7H,2,8H2,1H3,(H2,17,18,19). The quantitative estimate of drug-likeness (QED) is 0.675. The van der Waals surface area contributed by atoms with Crippen molar-refractivity contribution in [2.75, 3.05) is 11.9 Å². The minimum Gasteiger partial charge on any atom is -0.460 e. The minimum absolute atomic E-state index is 0.201. The lowest BCUT2D eigenvalue weighted by Crippen LogP contribution is -2.03. The molecule has 2 N–H and O–H groups in total. The first-order valence-corrected chi connectivity index (χ1v) is 7.60. The number of furan rings is 1. The maximum Gasteiger partial charge on any atom is 0.374 e. The first-order valence-electron chi connectivity index (χ1n) is 6.80. The second-order valence-corrected chi connectivity index (χ2v) is 5.50. The van der Waals surface area contributed by atoms with E-state index in [0.717, 1.165) is 15.5 Å². The van der Waals surface area contributed by atoms with Gasteiger partial charge in [-0.1, -0.05) is 15.9 Å². The Hall–Kier alpha value is -2.28. The number of anilines is 1. The van der Waals surface area contributed by atoms with Gasteiger partial charge >= 0.3 is 5.97 Å². The van der Waals surface area contributed by atoms with Crippen molar-refractivity contribution in [3.63, 3.8) is 0 Å². The Morgan fingerprint density at radius 3 is 3.09 bits per heavy atom. The van der Waals surface area contributed by atoms with Crippen LogP contribution in [-0.4, -0.2) is 22.5 Å². The van der Waals surface area contributed by atoms with Gasteiger partial charge in [0.15, 0.2) is 0 Å². The van der Waals surface area contributed by atoms with Crippen molar-refractivity contribution in [2.24, 2.45) is 0 Å². The predicted molar refractivity (Wildman–Crippen MR) is 85.8 cm³/mol. The van der Waals surface area contributed by atoms with Crippen LogP contribution in [0.1, 0.15) is 23.2 Å². The van der Waals surface area contributed by atoms with E-state index in [1.807, 2.05) is 18.2 Å². The van der Waals surface area contributed by atoms with Gasteiger partial charge in [0, 0.05) is 4.47 Å². The van der Waals surface area contributed by atoms with Crippen LogP contribution in [0.25, 0.3) is 11.0 Å². The summed E-state index contributed by atoms with van der Waals surface area (Å²) in [5.41, 5.74) is 1.81. The molecule has 2 aromatic heterocycles. The van der Waals surface area contributed by atoms with Crippen LogP contribution in [0.5, 0.6) is 0 Å². The fourth-order valence-corrected chi connectivity index (χ4v) is 2.38. The topological polar surface area (TPSA) is 80.1 Å². The van der Waals surface area contributed by atoms with Gasteiger partial charge in [0.1, 0.15) is 5.76 Å². The van der Waals surface area contributed by atoms with Crippen molar-refractivity contribution in [2.45, 2.75) is 13.5 Å². The minimum atomic E-state index is -0.456. The number of H-pyrrole nitrogens is 1. The van der Waals surface area contributed by atoms with Crippen LogP contribution in [0.4, 0.5) is 5.95 Å². The molecule has 6 nitrogen and oxygen atoms in total. The zero-order valence-corrected chi connectivity index (χ0v) is 13.4. The molecule has 0 aliphatic heterocycles. The molecular formula is C15H14BrN3O3. The highest BCUT2D eigenvalue weighted by atomic mass is 79.9. The molecule has 0 saturated heterocycles. The summed E-state index contributed by atoms with van der Waals surface area (Å²) >= 11 is 3.42. The number of benzene rings is 1. The number of hydrogen-bond donors (Lipinski definition) is 2. The summed E-state index contributed by atoms with van der Waals surface area (Å²) in [6.45, 7) is 2.49. The summed E-state index contributed by atoms with van der Waals surface area (Å²) in [7, 11) is 0. The molecule has 0 bridgehead atoms. The Bertz CT molecular complexity index is 809. The first kappa shape index (κ1) is 14.6. The van der Waals surface area contributed by atoms with E-state index >= 15 is 0 Å². The number of aromatic amines is 1. The molecule has 7 heteroatoms. The summed E-state index contributed by atoms with van der Waals surface area (Å²) < 4.78 is 11.3. The number of carbonyl (C=O) groups is 1. The van der Waals surface area contributed by atoms with Gasteiger partial charge < -0.3 is 19.5 Å². The second-order valence-electron chi connectivity index (χ2n) is 4.59. The number of nitrogens with one attached hydrogen (secondary N) is 2. The number of ether oxygens (including phenoxy) is 1. The Morgan fingerprint density at radius 1 is 1.41 bits per heavy atom. The van der Waals surface area contributed by atoms with Crippen LogP contribution in [-0.2, 0) is 11.3 Å². The molecule has 3 rings (SSSR count). The molecule has 0 saturated carbocycles. The van der Waals surface area contributed by atoms with Gasteiger partial charge in [-0.2, -0.15) is 0 Å². The number of halogens is 1. The summed E-state index contributed by atoms with van der Waals surface area (Å²) in [5.74, 6) is 1.02. The Labute approximate surface area is 135 Å². The molecule has 22 heavy (non-hydrogen) atoms.